The number of carbonyl (C=O) groups excluding carboxylic acids is 1. The van der Waals surface area contributed by atoms with Crippen LogP contribution < -0.4 is 21.7 Å². The number of carbonyl (C=O) groups is 1. The summed E-state index contributed by atoms with van der Waals surface area (Å²) in [5.74, 6) is -0.343. The molecule has 0 aliphatic carbocycles. The van der Waals surface area contributed by atoms with Crippen molar-refractivity contribution in [3.63, 3.8) is 0 Å². The van der Waals surface area contributed by atoms with Gasteiger partial charge in [-0.3, -0.25) is 9.36 Å². The zero-order valence-corrected chi connectivity index (χ0v) is 18.5. The van der Waals surface area contributed by atoms with E-state index in [1.807, 2.05) is 35.0 Å². The van der Waals surface area contributed by atoms with Gasteiger partial charge in [-0.25, -0.2) is 0 Å². The van der Waals surface area contributed by atoms with Crippen LogP contribution in [-0.4, -0.2) is 10.8 Å². The third kappa shape index (κ3) is 4.32. The molecule has 4 rings (SSSR count). The number of anilines is 2. The molecule has 4 aromatic rings. The van der Waals surface area contributed by atoms with Gasteiger partial charge >= 0.3 is 0 Å². The zero-order chi connectivity index (χ0) is 22.0. The van der Waals surface area contributed by atoms with E-state index in [0.29, 0.717) is 22.2 Å². The summed E-state index contributed by atoms with van der Waals surface area (Å²) in [6, 6.07) is 20.7. The highest BCUT2D eigenvalue weighted by molar-refractivity contribution is 7.73. The normalized spacial score (nSPS) is 12.8. The summed E-state index contributed by atoms with van der Waals surface area (Å²) in [7, 11) is -3.74. The van der Waals surface area contributed by atoms with Gasteiger partial charge in [-0.2, -0.15) is 11.3 Å². The van der Waals surface area contributed by atoms with Crippen molar-refractivity contribution in [1.29, 1.82) is 0 Å². The van der Waals surface area contributed by atoms with Crippen LogP contribution in [0.2, 0.25) is 0 Å². The molecular formula is C24H21N2O3PS. The van der Waals surface area contributed by atoms with Gasteiger partial charge in [0.05, 0.1) is 11.4 Å². The molecular weight excluding hydrogens is 427 g/mol. The lowest BCUT2D eigenvalue weighted by Gasteiger charge is -2.15. The number of thiophene rings is 1. The van der Waals surface area contributed by atoms with E-state index in [9.17, 15) is 14.3 Å². The van der Waals surface area contributed by atoms with Crippen molar-refractivity contribution in [3.8, 4) is 11.1 Å². The van der Waals surface area contributed by atoms with Gasteiger partial charge in [-0.15, -0.1) is 0 Å². The van der Waals surface area contributed by atoms with Crippen molar-refractivity contribution in [2.24, 2.45) is 0 Å². The monoisotopic (exact) mass is 448 g/mol. The van der Waals surface area contributed by atoms with E-state index in [1.165, 1.54) is 12.1 Å². The molecule has 0 aliphatic rings. The number of rotatable bonds is 5. The van der Waals surface area contributed by atoms with Gasteiger partial charge in [0.15, 0.2) is 0 Å². The third-order valence-corrected chi connectivity index (χ3v) is 7.91. The average Bonchev–Trinajstić information content (AvgIpc) is 3.30. The summed E-state index contributed by atoms with van der Waals surface area (Å²) in [5, 5.41) is 7.52. The molecule has 1 unspecified atom stereocenters. The number of benzene rings is 3. The predicted octanol–water partition coefficient (Wildman–Crippen LogP) is 4.78. The quantitative estimate of drug-likeness (QED) is 0.303. The van der Waals surface area contributed by atoms with E-state index in [2.05, 4.69) is 5.32 Å². The number of nitrogens with two attached hydrogens (primary N) is 1. The summed E-state index contributed by atoms with van der Waals surface area (Å²) in [6.45, 7) is 1.80. The Bertz CT molecular complexity index is 1280. The van der Waals surface area contributed by atoms with Gasteiger partial charge < -0.3 is 15.9 Å². The lowest BCUT2D eigenvalue weighted by molar-refractivity contribution is 0.102. The Morgan fingerprint density at radius 1 is 1.00 bits per heavy atom. The van der Waals surface area contributed by atoms with Gasteiger partial charge in [-0.05, 0) is 82.9 Å². The van der Waals surface area contributed by atoms with Gasteiger partial charge in [0.2, 0.25) is 0 Å². The molecule has 0 saturated heterocycles. The van der Waals surface area contributed by atoms with Crippen molar-refractivity contribution >= 4 is 46.6 Å². The molecule has 7 heteroatoms. The van der Waals surface area contributed by atoms with Crippen LogP contribution >= 0.6 is 18.7 Å². The molecule has 3 aromatic carbocycles. The highest BCUT2D eigenvalue weighted by Crippen LogP contribution is 2.39. The van der Waals surface area contributed by atoms with Gasteiger partial charge in [0.1, 0.15) is 0 Å². The Labute approximate surface area is 184 Å². The standard InChI is InChI=1S/C24H21N2O3PS/c1-16-4-2-3-5-23(16)30(28,29)20-9-6-17(7-10-20)24(27)26-22-14-18(8-11-21(22)25)19-12-13-31-15-19/h2-15H,25H2,1H3,(H,26,27)(H,28,29). The number of hydrogen-bond donors (Lipinski definition) is 3. The van der Waals surface area contributed by atoms with Gasteiger partial charge in [0, 0.05) is 16.2 Å². The van der Waals surface area contributed by atoms with E-state index in [-0.39, 0.29) is 11.2 Å². The Balaban J connectivity index is 1.56. The summed E-state index contributed by atoms with van der Waals surface area (Å²) in [5.41, 5.74) is 10.2. The molecule has 0 saturated carbocycles. The maximum absolute atomic E-state index is 13.0. The second-order valence-corrected chi connectivity index (χ2v) is 10.1. The Morgan fingerprint density at radius 3 is 2.42 bits per heavy atom. The van der Waals surface area contributed by atoms with Crippen LogP contribution in [0.25, 0.3) is 11.1 Å². The van der Waals surface area contributed by atoms with E-state index in [4.69, 9.17) is 5.73 Å². The molecule has 0 spiro atoms. The van der Waals surface area contributed by atoms with Crippen LogP contribution in [0.3, 0.4) is 0 Å². The van der Waals surface area contributed by atoms with Gasteiger partial charge in [-0.1, -0.05) is 24.3 Å². The van der Waals surface area contributed by atoms with Crippen molar-refractivity contribution in [3.05, 3.63) is 94.7 Å². The predicted molar refractivity (Wildman–Crippen MR) is 129 cm³/mol. The summed E-state index contributed by atoms with van der Waals surface area (Å²) < 4.78 is 13.0. The lowest BCUT2D eigenvalue weighted by atomic mass is 10.1. The van der Waals surface area contributed by atoms with Crippen molar-refractivity contribution < 1.29 is 14.3 Å². The van der Waals surface area contributed by atoms with E-state index >= 15 is 0 Å². The number of aryl methyl sites for hydroxylation is 1. The van der Waals surface area contributed by atoms with Crippen LogP contribution in [0.15, 0.2) is 83.6 Å². The summed E-state index contributed by atoms with van der Waals surface area (Å²) in [4.78, 5) is 23.5. The largest absolute Gasteiger partial charge is 0.397 e. The molecule has 156 valence electrons. The highest BCUT2D eigenvalue weighted by Gasteiger charge is 2.26. The van der Waals surface area contributed by atoms with Crippen LogP contribution in [0.5, 0.6) is 0 Å². The van der Waals surface area contributed by atoms with Crippen LogP contribution in [0.1, 0.15) is 15.9 Å². The number of hydrogen-bond acceptors (Lipinski definition) is 4. The first-order valence-corrected chi connectivity index (χ1v) is 12.2. The number of amides is 1. The fraction of sp³-hybridized carbons (Fsp3) is 0.0417. The molecule has 0 bridgehead atoms. The van der Waals surface area contributed by atoms with E-state index in [1.54, 1.807) is 54.7 Å². The number of nitrogens with one attached hydrogen (secondary N) is 1. The Morgan fingerprint density at radius 2 is 1.74 bits per heavy atom. The minimum absolute atomic E-state index is 0.275. The summed E-state index contributed by atoms with van der Waals surface area (Å²) in [6.07, 6.45) is 0. The van der Waals surface area contributed by atoms with Crippen molar-refractivity contribution in [2.75, 3.05) is 11.1 Å². The smallest absolute Gasteiger partial charge is 0.259 e. The van der Waals surface area contributed by atoms with Gasteiger partial charge in [0.25, 0.3) is 13.3 Å². The topological polar surface area (TPSA) is 92.4 Å². The third-order valence-electron chi connectivity index (χ3n) is 5.08. The Hall–Kier alpha value is -3.18. The van der Waals surface area contributed by atoms with E-state index in [0.717, 1.165) is 16.7 Å². The van der Waals surface area contributed by atoms with Crippen LogP contribution in [0.4, 0.5) is 11.4 Å². The SMILES string of the molecule is Cc1ccccc1P(=O)(O)c1ccc(C(=O)Nc2cc(-c3ccsc3)ccc2N)cc1. The van der Waals surface area contributed by atoms with Crippen LogP contribution in [0, 0.1) is 6.92 Å². The second-order valence-electron chi connectivity index (χ2n) is 7.18. The highest BCUT2D eigenvalue weighted by atomic mass is 32.1. The second kappa shape index (κ2) is 8.52. The molecule has 0 aliphatic heterocycles. The average molecular weight is 448 g/mol. The molecule has 0 fully saturated rings. The zero-order valence-electron chi connectivity index (χ0n) is 16.8. The van der Waals surface area contributed by atoms with Crippen molar-refractivity contribution in [2.45, 2.75) is 6.92 Å². The fourth-order valence-electron chi connectivity index (χ4n) is 3.32. The molecule has 5 nitrogen and oxygen atoms in total. The molecule has 1 amide bonds. The minimum Gasteiger partial charge on any atom is -0.397 e. The maximum atomic E-state index is 13.0. The van der Waals surface area contributed by atoms with E-state index < -0.39 is 7.37 Å². The maximum Gasteiger partial charge on any atom is 0.259 e. The summed E-state index contributed by atoms with van der Waals surface area (Å²) >= 11 is 1.60. The fourth-order valence-corrected chi connectivity index (χ4v) is 5.66. The first-order valence-electron chi connectivity index (χ1n) is 9.59. The Kier molecular flexibility index (Phi) is 5.79. The minimum atomic E-state index is -3.74. The molecule has 1 heterocycles. The molecule has 1 aromatic heterocycles. The first kappa shape index (κ1) is 21.1. The molecule has 0 radical (unpaired) electrons. The van der Waals surface area contributed by atoms with Crippen LogP contribution in [-0.2, 0) is 4.57 Å². The molecule has 31 heavy (non-hydrogen) atoms. The number of nitrogen functional groups attached to an aromatic ring is 1. The van der Waals surface area contributed by atoms with Crippen molar-refractivity contribution in [1.82, 2.24) is 0 Å². The molecule has 4 N–H and O–H groups in total. The first-order chi connectivity index (χ1) is 14.9. The molecule has 1 atom stereocenters. The lowest BCUT2D eigenvalue weighted by Crippen LogP contribution is -2.19.